The van der Waals surface area contributed by atoms with Crippen molar-refractivity contribution in [3.8, 4) is 0 Å². The van der Waals surface area contributed by atoms with Crippen LogP contribution < -0.4 is 10.6 Å². The van der Waals surface area contributed by atoms with E-state index in [0.29, 0.717) is 18.4 Å². The molecule has 3 rings (SSSR count). The summed E-state index contributed by atoms with van der Waals surface area (Å²) in [5.41, 5.74) is -0.648. The predicted molar refractivity (Wildman–Crippen MR) is 74.9 cm³/mol. The first kappa shape index (κ1) is 13.7. The second kappa shape index (κ2) is 5.60. The van der Waals surface area contributed by atoms with Gasteiger partial charge >= 0.3 is 0 Å². The van der Waals surface area contributed by atoms with Crippen LogP contribution in [0.1, 0.15) is 25.7 Å². The number of piperidine rings is 1. The number of amides is 1. The van der Waals surface area contributed by atoms with Gasteiger partial charge in [0.05, 0.1) is 12.1 Å². The number of alkyl halides is 1. The lowest BCUT2D eigenvalue weighted by Crippen LogP contribution is -2.47. The monoisotopic (exact) mass is 300 g/mol. The van der Waals surface area contributed by atoms with E-state index in [1.165, 1.54) is 0 Å². The van der Waals surface area contributed by atoms with Gasteiger partial charge in [-0.1, -0.05) is 11.6 Å². The average Bonchev–Trinajstić information content (AvgIpc) is 3.25. The number of nitrogens with zero attached hydrogens (tertiary/aromatic N) is 2. The Balaban J connectivity index is 1.65. The van der Waals surface area contributed by atoms with Crippen molar-refractivity contribution in [3.63, 3.8) is 0 Å². The Bertz CT molecular complexity index is 463. The summed E-state index contributed by atoms with van der Waals surface area (Å²) >= 11 is 5.86. The molecular weight excluding hydrogens is 283 g/mol. The van der Waals surface area contributed by atoms with Crippen LogP contribution >= 0.6 is 11.6 Å². The molecule has 110 valence electrons. The van der Waals surface area contributed by atoms with Gasteiger partial charge in [0, 0.05) is 19.1 Å². The topological polar surface area (TPSA) is 56.7 Å². The van der Waals surface area contributed by atoms with Crippen LogP contribution in [0.5, 0.6) is 0 Å². The third-order valence-electron chi connectivity index (χ3n) is 3.83. The van der Waals surface area contributed by atoms with Crippen LogP contribution in [0.2, 0.25) is 0 Å². The van der Waals surface area contributed by atoms with E-state index < -0.39 is 11.5 Å². The van der Waals surface area contributed by atoms with Crippen molar-refractivity contribution >= 4 is 23.7 Å². The Morgan fingerprint density at radius 3 is 3.05 bits per heavy atom. The van der Waals surface area contributed by atoms with E-state index in [0.717, 1.165) is 38.4 Å². The summed E-state index contributed by atoms with van der Waals surface area (Å²) in [5, 5.41) is 5.83. The number of halogens is 2. The molecule has 1 unspecified atom stereocenters. The van der Waals surface area contributed by atoms with Crippen molar-refractivity contribution in [2.45, 2.75) is 37.4 Å². The van der Waals surface area contributed by atoms with Gasteiger partial charge in [-0.2, -0.15) is 0 Å². The van der Waals surface area contributed by atoms with Gasteiger partial charge in [-0.3, -0.25) is 4.79 Å². The molecule has 1 amide bonds. The third kappa shape index (κ3) is 3.06. The Morgan fingerprint density at radius 1 is 1.50 bits per heavy atom. The van der Waals surface area contributed by atoms with Crippen molar-refractivity contribution in [2.24, 2.45) is 10.9 Å². The Morgan fingerprint density at radius 2 is 2.30 bits per heavy atom. The lowest BCUT2D eigenvalue weighted by molar-refractivity contribution is -0.126. The molecule has 1 aliphatic carbocycles. The minimum absolute atomic E-state index is 0.0842. The molecule has 0 bridgehead atoms. The van der Waals surface area contributed by atoms with Crippen molar-refractivity contribution in [1.29, 1.82) is 0 Å². The zero-order chi connectivity index (χ0) is 14.1. The van der Waals surface area contributed by atoms with Gasteiger partial charge < -0.3 is 15.5 Å². The van der Waals surface area contributed by atoms with E-state index in [2.05, 4.69) is 15.6 Å². The van der Waals surface area contributed by atoms with E-state index in [1.54, 1.807) is 0 Å². The Hall–Kier alpha value is -1.30. The van der Waals surface area contributed by atoms with Gasteiger partial charge in [-0.25, -0.2) is 9.38 Å². The minimum atomic E-state index is -0.648. The maximum atomic E-state index is 13.8. The summed E-state index contributed by atoms with van der Waals surface area (Å²) < 4.78 is 13.8. The van der Waals surface area contributed by atoms with E-state index >= 15 is 0 Å². The van der Waals surface area contributed by atoms with E-state index in [9.17, 15) is 9.18 Å². The smallest absolute Gasteiger partial charge is 0.225 e. The largest absolute Gasteiger partial charge is 0.355 e. The Labute approximate surface area is 122 Å². The fourth-order valence-electron chi connectivity index (χ4n) is 2.59. The van der Waals surface area contributed by atoms with Crippen molar-refractivity contribution < 1.29 is 9.18 Å². The zero-order valence-electron chi connectivity index (χ0n) is 11.1. The predicted octanol–water partition coefficient (Wildman–Crippen LogP) is 1.31. The van der Waals surface area contributed by atoms with Gasteiger partial charge in [0.15, 0.2) is 11.5 Å². The molecule has 7 heteroatoms. The molecule has 1 saturated carbocycles. The number of rotatable bonds is 3. The highest BCUT2D eigenvalue weighted by atomic mass is 35.5. The van der Waals surface area contributed by atoms with Gasteiger partial charge in [-0.05, 0) is 25.7 Å². The summed E-state index contributed by atoms with van der Waals surface area (Å²) in [6.45, 7) is 1.24. The Kier molecular flexibility index (Phi) is 3.83. The van der Waals surface area contributed by atoms with E-state index in [4.69, 9.17) is 11.6 Å². The van der Waals surface area contributed by atoms with E-state index in [1.807, 2.05) is 4.90 Å². The fourth-order valence-corrected chi connectivity index (χ4v) is 2.75. The van der Waals surface area contributed by atoms with Gasteiger partial charge in [0.1, 0.15) is 5.82 Å². The van der Waals surface area contributed by atoms with Crippen LogP contribution in [-0.4, -0.2) is 41.8 Å². The number of likely N-dealkylation sites (tertiary alicyclic amines) is 1. The number of nitrogens with one attached hydrogen (secondary N) is 2. The standard InChI is InChI=1S/C13H18ClFN4O/c14-13-16-6-10(15)11(18-13)19-5-1-2-8(7-19)12(20)17-9-3-4-9/h6,8-9,13,18H,1-5,7H2,(H,17,20)/t8-,13?/m1/s1. The van der Waals surface area contributed by atoms with Crippen molar-refractivity contribution in [3.05, 3.63) is 11.6 Å². The van der Waals surface area contributed by atoms with Crippen molar-refractivity contribution in [2.75, 3.05) is 13.1 Å². The number of hydrogen-bond acceptors (Lipinski definition) is 4. The third-order valence-corrected chi connectivity index (χ3v) is 4.05. The SMILES string of the molecule is O=C(NC1CC1)[C@@H]1CCCN(C2=C(F)C=NC(Cl)N2)C1. The highest BCUT2D eigenvalue weighted by Crippen LogP contribution is 2.25. The molecular formula is C13H18ClFN4O. The molecule has 1 saturated heterocycles. The number of aliphatic imine (C=N–C) groups is 1. The molecule has 2 N–H and O–H groups in total. The molecule has 2 atom stereocenters. The van der Waals surface area contributed by atoms with Crippen LogP contribution in [0, 0.1) is 5.92 Å². The molecule has 20 heavy (non-hydrogen) atoms. The maximum Gasteiger partial charge on any atom is 0.225 e. The highest BCUT2D eigenvalue weighted by Gasteiger charge is 2.32. The summed E-state index contributed by atoms with van der Waals surface area (Å²) in [6.07, 6.45) is 5.01. The molecule has 0 aromatic rings. The average molecular weight is 301 g/mol. The van der Waals surface area contributed by atoms with Crippen LogP contribution in [0.15, 0.2) is 16.6 Å². The summed E-state index contributed by atoms with van der Waals surface area (Å²) in [6, 6.07) is 0.362. The molecule has 2 aliphatic heterocycles. The molecule has 0 aromatic carbocycles. The molecule has 2 heterocycles. The normalized spacial score (nSPS) is 30.2. The van der Waals surface area contributed by atoms with Crippen LogP contribution in [0.3, 0.4) is 0 Å². The second-order valence-electron chi connectivity index (χ2n) is 5.52. The van der Waals surface area contributed by atoms with E-state index in [-0.39, 0.29) is 11.8 Å². The number of hydrogen-bond donors (Lipinski definition) is 2. The molecule has 5 nitrogen and oxygen atoms in total. The summed E-state index contributed by atoms with van der Waals surface area (Å²) in [5.74, 6) is -0.0710. The van der Waals surface area contributed by atoms with Gasteiger partial charge in [-0.15, -0.1) is 0 Å². The molecule has 3 aliphatic rings. The van der Waals surface area contributed by atoms with Crippen LogP contribution in [0.4, 0.5) is 4.39 Å². The lowest BCUT2D eigenvalue weighted by Gasteiger charge is -2.36. The summed E-state index contributed by atoms with van der Waals surface area (Å²) in [4.78, 5) is 17.7. The molecule has 0 aromatic heterocycles. The number of carbonyl (C=O) groups is 1. The molecule has 2 fully saturated rings. The summed E-state index contributed by atoms with van der Waals surface area (Å²) in [7, 11) is 0. The first-order valence-electron chi connectivity index (χ1n) is 7.02. The molecule has 0 radical (unpaired) electrons. The first-order valence-corrected chi connectivity index (χ1v) is 7.46. The quantitative estimate of drug-likeness (QED) is 0.610. The number of carbonyl (C=O) groups excluding carboxylic acids is 1. The second-order valence-corrected chi connectivity index (χ2v) is 5.94. The van der Waals surface area contributed by atoms with Crippen molar-refractivity contribution in [1.82, 2.24) is 15.5 Å². The minimum Gasteiger partial charge on any atom is -0.355 e. The zero-order valence-corrected chi connectivity index (χ0v) is 11.9. The van der Waals surface area contributed by atoms with Gasteiger partial charge in [0.2, 0.25) is 5.91 Å². The van der Waals surface area contributed by atoms with Crippen LogP contribution in [0.25, 0.3) is 0 Å². The lowest BCUT2D eigenvalue weighted by atomic mass is 9.97. The molecule has 0 spiro atoms. The van der Waals surface area contributed by atoms with Crippen LogP contribution in [-0.2, 0) is 4.79 Å². The maximum absolute atomic E-state index is 13.8. The highest BCUT2D eigenvalue weighted by molar-refractivity contribution is 6.21. The number of allylic oxidation sites excluding steroid dienone is 1. The van der Waals surface area contributed by atoms with Gasteiger partial charge in [0.25, 0.3) is 0 Å². The fraction of sp³-hybridized carbons (Fsp3) is 0.692. The first-order chi connectivity index (χ1) is 9.63.